The highest BCUT2D eigenvalue weighted by molar-refractivity contribution is 5.79. The van der Waals surface area contributed by atoms with Crippen LogP contribution in [0.25, 0.3) is 0 Å². The molecule has 2 saturated heterocycles. The summed E-state index contributed by atoms with van der Waals surface area (Å²) in [6.45, 7) is 1.10. The van der Waals surface area contributed by atoms with Crippen molar-refractivity contribution in [3.8, 4) is 5.75 Å². The van der Waals surface area contributed by atoms with Crippen molar-refractivity contribution in [2.45, 2.75) is 24.7 Å². The first-order valence-electron chi connectivity index (χ1n) is 6.35. The average Bonchev–Trinajstić information content (AvgIpc) is 2.76. The molecule has 5 nitrogen and oxygen atoms in total. The molecule has 0 radical (unpaired) electrons. The quantitative estimate of drug-likeness (QED) is 0.763. The zero-order valence-electron chi connectivity index (χ0n) is 10.8. The molecule has 102 valence electrons. The van der Waals surface area contributed by atoms with Crippen LogP contribution in [0, 0.1) is 0 Å². The number of carbonyl (C=O) groups excluding carboxylic acids is 1. The number of hydrogen-bond donors (Lipinski definition) is 0. The standard InChI is InChI=1S/C14H16O5/c1-16-11-5-3-2-4-10(11)12-13(15)19-14(18-12)6-8-17-9-7-14/h2-5,12H,6-9H2,1H3/t12-/m1/s1. The second-order valence-corrected chi connectivity index (χ2v) is 4.68. The normalized spacial score (nSPS) is 25.3. The van der Waals surface area contributed by atoms with Gasteiger partial charge in [0.1, 0.15) is 5.75 Å². The molecule has 0 N–H and O–H groups in total. The van der Waals surface area contributed by atoms with Crippen molar-refractivity contribution in [3.63, 3.8) is 0 Å². The Morgan fingerprint density at radius 3 is 2.74 bits per heavy atom. The number of carbonyl (C=O) groups is 1. The zero-order chi connectivity index (χ0) is 13.3. The van der Waals surface area contributed by atoms with E-state index in [1.165, 1.54) is 0 Å². The van der Waals surface area contributed by atoms with Gasteiger partial charge in [-0.1, -0.05) is 18.2 Å². The molecule has 2 heterocycles. The molecule has 2 fully saturated rings. The van der Waals surface area contributed by atoms with Crippen molar-refractivity contribution in [1.82, 2.24) is 0 Å². The minimum absolute atomic E-state index is 0.355. The minimum atomic E-state index is -0.819. The summed E-state index contributed by atoms with van der Waals surface area (Å²) in [5.74, 6) is -0.541. The topological polar surface area (TPSA) is 54.0 Å². The van der Waals surface area contributed by atoms with Crippen LogP contribution in [-0.2, 0) is 19.0 Å². The highest BCUT2D eigenvalue weighted by Crippen LogP contribution is 2.42. The van der Waals surface area contributed by atoms with Crippen LogP contribution >= 0.6 is 0 Å². The molecule has 3 rings (SSSR count). The number of methoxy groups -OCH3 is 1. The third kappa shape index (κ3) is 2.19. The fourth-order valence-corrected chi connectivity index (χ4v) is 2.50. The lowest BCUT2D eigenvalue weighted by Gasteiger charge is -2.30. The summed E-state index contributed by atoms with van der Waals surface area (Å²) >= 11 is 0. The molecule has 2 aliphatic rings. The summed E-state index contributed by atoms with van der Waals surface area (Å²) in [5, 5.41) is 0. The van der Waals surface area contributed by atoms with Gasteiger partial charge >= 0.3 is 5.97 Å². The van der Waals surface area contributed by atoms with Crippen LogP contribution in [0.1, 0.15) is 24.5 Å². The van der Waals surface area contributed by atoms with Crippen LogP contribution < -0.4 is 4.74 Å². The Labute approximate surface area is 111 Å². The van der Waals surface area contributed by atoms with Gasteiger partial charge in [0.25, 0.3) is 0 Å². The van der Waals surface area contributed by atoms with Crippen molar-refractivity contribution in [2.75, 3.05) is 20.3 Å². The Morgan fingerprint density at radius 2 is 2.00 bits per heavy atom. The van der Waals surface area contributed by atoms with Crippen LogP contribution in [0.5, 0.6) is 5.75 Å². The Kier molecular flexibility index (Phi) is 3.16. The van der Waals surface area contributed by atoms with E-state index in [0.717, 1.165) is 0 Å². The molecule has 1 atom stereocenters. The molecular weight excluding hydrogens is 248 g/mol. The smallest absolute Gasteiger partial charge is 0.342 e. The van der Waals surface area contributed by atoms with Gasteiger partial charge in [-0.25, -0.2) is 4.79 Å². The lowest BCUT2D eigenvalue weighted by molar-refractivity contribution is -0.212. The molecule has 0 unspecified atom stereocenters. The molecule has 1 aromatic rings. The van der Waals surface area contributed by atoms with Gasteiger partial charge in [-0.2, -0.15) is 0 Å². The van der Waals surface area contributed by atoms with E-state index >= 15 is 0 Å². The molecule has 19 heavy (non-hydrogen) atoms. The third-order valence-corrected chi connectivity index (χ3v) is 3.51. The van der Waals surface area contributed by atoms with Gasteiger partial charge in [-0.3, -0.25) is 0 Å². The van der Waals surface area contributed by atoms with E-state index in [-0.39, 0.29) is 5.97 Å². The lowest BCUT2D eigenvalue weighted by Crippen LogP contribution is -2.37. The Morgan fingerprint density at radius 1 is 1.26 bits per heavy atom. The number of ether oxygens (including phenoxy) is 4. The number of esters is 1. The summed E-state index contributed by atoms with van der Waals surface area (Å²) in [5.41, 5.74) is 0.707. The summed E-state index contributed by atoms with van der Waals surface area (Å²) < 4.78 is 21.9. The van der Waals surface area contributed by atoms with E-state index in [1.807, 2.05) is 18.2 Å². The molecule has 0 bridgehead atoms. The maximum absolute atomic E-state index is 12.1. The third-order valence-electron chi connectivity index (χ3n) is 3.51. The van der Waals surface area contributed by atoms with Gasteiger partial charge in [0.15, 0.2) is 6.10 Å². The molecular formula is C14H16O5. The van der Waals surface area contributed by atoms with Gasteiger partial charge in [-0.15, -0.1) is 0 Å². The molecule has 0 saturated carbocycles. The predicted octanol–water partition coefficient (Wildman–Crippen LogP) is 1.82. The number of hydrogen-bond acceptors (Lipinski definition) is 5. The molecule has 1 aromatic carbocycles. The van der Waals surface area contributed by atoms with Gasteiger partial charge in [0.05, 0.1) is 20.3 Å². The van der Waals surface area contributed by atoms with E-state index < -0.39 is 11.9 Å². The Bertz CT molecular complexity index is 478. The largest absolute Gasteiger partial charge is 0.496 e. The first-order chi connectivity index (χ1) is 9.24. The SMILES string of the molecule is COc1ccccc1[C@H]1OC2(CCOCC2)OC1=O. The molecule has 0 aromatic heterocycles. The molecule has 0 aliphatic carbocycles. The van der Waals surface area contributed by atoms with E-state index in [9.17, 15) is 4.79 Å². The van der Waals surface area contributed by atoms with Crippen LogP contribution in [0.15, 0.2) is 24.3 Å². The second-order valence-electron chi connectivity index (χ2n) is 4.68. The summed E-state index contributed by atoms with van der Waals surface area (Å²) in [6, 6.07) is 7.33. The van der Waals surface area contributed by atoms with E-state index in [4.69, 9.17) is 18.9 Å². The van der Waals surface area contributed by atoms with Crippen LogP contribution in [-0.4, -0.2) is 32.1 Å². The Hall–Kier alpha value is -1.59. The van der Waals surface area contributed by atoms with Crippen molar-refractivity contribution in [2.24, 2.45) is 0 Å². The number of benzene rings is 1. The maximum atomic E-state index is 12.1. The van der Waals surface area contributed by atoms with E-state index in [1.54, 1.807) is 13.2 Å². The maximum Gasteiger partial charge on any atom is 0.342 e. The van der Waals surface area contributed by atoms with Crippen LogP contribution in [0.3, 0.4) is 0 Å². The monoisotopic (exact) mass is 264 g/mol. The van der Waals surface area contributed by atoms with Crippen LogP contribution in [0.2, 0.25) is 0 Å². The highest BCUT2D eigenvalue weighted by Gasteiger charge is 2.50. The van der Waals surface area contributed by atoms with Gasteiger partial charge in [0.2, 0.25) is 5.79 Å². The van der Waals surface area contributed by atoms with Crippen molar-refractivity contribution >= 4 is 5.97 Å². The second kappa shape index (κ2) is 4.83. The lowest BCUT2D eigenvalue weighted by atomic mass is 10.1. The summed E-state index contributed by atoms with van der Waals surface area (Å²) in [4.78, 5) is 12.1. The van der Waals surface area contributed by atoms with Crippen molar-refractivity contribution in [1.29, 1.82) is 0 Å². The number of para-hydroxylation sites is 1. The molecule has 5 heteroatoms. The van der Waals surface area contributed by atoms with E-state index in [2.05, 4.69) is 0 Å². The Balaban J connectivity index is 1.87. The summed E-state index contributed by atoms with van der Waals surface area (Å²) in [6.07, 6.45) is 0.434. The fraction of sp³-hybridized carbons (Fsp3) is 0.500. The average molecular weight is 264 g/mol. The number of rotatable bonds is 2. The van der Waals surface area contributed by atoms with Gasteiger partial charge < -0.3 is 18.9 Å². The minimum Gasteiger partial charge on any atom is -0.496 e. The fourth-order valence-electron chi connectivity index (χ4n) is 2.50. The first-order valence-corrected chi connectivity index (χ1v) is 6.35. The predicted molar refractivity (Wildman–Crippen MR) is 65.7 cm³/mol. The first kappa shape index (κ1) is 12.4. The van der Waals surface area contributed by atoms with Gasteiger partial charge in [0, 0.05) is 18.4 Å². The van der Waals surface area contributed by atoms with Crippen molar-refractivity contribution in [3.05, 3.63) is 29.8 Å². The van der Waals surface area contributed by atoms with Gasteiger partial charge in [-0.05, 0) is 6.07 Å². The van der Waals surface area contributed by atoms with Crippen molar-refractivity contribution < 1.29 is 23.7 Å². The molecule has 1 spiro atoms. The zero-order valence-corrected chi connectivity index (χ0v) is 10.8. The van der Waals surface area contributed by atoms with E-state index in [0.29, 0.717) is 37.4 Å². The summed E-state index contributed by atoms with van der Waals surface area (Å²) in [7, 11) is 1.57. The highest BCUT2D eigenvalue weighted by atomic mass is 16.8. The molecule has 2 aliphatic heterocycles. The van der Waals surface area contributed by atoms with Crippen LogP contribution in [0.4, 0.5) is 0 Å². The molecule has 0 amide bonds.